The third-order valence-electron chi connectivity index (χ3n) is 2.26. The van der Waals surface area contributed by atoms with Crippen molar-refractivity contribution >= 4 is 28.6 Å². The van der Waals surface area contributed by atoms with Crippen LogP contribution in [0.3, 0.4) is 0 Å². The van der Waals surface area contributed by atoms with E-state index in [4.69, 9.17) is 11.6 Å². The number of halogens is 3. The van der Waals surface area contributed by atoms with E-state index in [1.54, 1.807) is 0 Å². The number of nitro benzene ring substituents is 1. The molecule has 0 atom stereocenters. The van der Waals surface area contributed by atoms with Gasteiger partial charge in [-0.3, -0.25) is 10.1 Å². The minimum Gasteiger partial charge on any atom is -0.258 e. The topological polar surface area (TPSA) is 68.9 Å². The van der Waals surface area contributed by atoms with E-state index in [9.17, 15) is 18.9 Å². The molecule has 0 saturated carbocycles. The fourth-order valence-electron chi connectivity index (χ4n) is 1.42. The molecule has 0 unspecified atom stereocenters. The Balaban J connectivity index is 2.53. The number of aryl methyl sites for hydroxylation is 1. The third-order valence-corrected chi connectivity index (χ3v) is 3.45. The van der Waals surface area contributed by atoms with Crippen molar-refractivity contribution in [2.24, 2.45) is 0 Å². The summed E-state index contributed by atoms with van der Waals surface area (Å²) in [4.78, 5) is 9.70. The van der Waals surface area contributed by atoms with Gasteiger partial charge in [0.25, 0.3) is 0 Å². The Hall–Kier alpha value is -1.67. The van der Waals surface area contributed by atoms with E-state index in [-0.39, 0.29) is 5.01 Å². The highest BCUT2D eigenvalue weighted by Crippen LogP contribution is 2.33. The van der Waals surface area contributed by atoms with Crippen molar-refractivity contribution in [1.29, 1.82) is 0 Å². The van der Waals surface area contributed by atoms with Gasteiger partial charge in [-0.1, -0.05) is 11.3 Å². The minimum atomic E-state index is -1.25. The van der Waals surface area contributed by atoms with Crippen LogP contribution in [-0.2, 0) is 6.42 Å². The highest BCUT2D eigenvalue weighted by molar-refractivity contribution is 7.14. The SMILES string of the molecule is O=[N+]([O-])c1ccc(F)c(-c2nnc(CCCl)s2)c1F. The second kappa shape index (κ2) is 5.54. The normalized spacial score (nSPS) is 10.7. The smallest absolute Gasteiger partial charge is 0.258 e. The molecule has 100 valence electrons. The second-order valence-corrected chi connectivity index (χ2v) is 4.89. The van der Waals surface area contributed by atoms with Gasteiger partial charge in [-0.2, -0.15) is 4.39 Å². The molecule has 1 heterocycles. The lowest BCUT2D eigenvalue weighted by Gasteiger charge is -2.01. The number of hydrogen-bond acceptors (Lipinski definition) is 5. The van der Waals surface area contributed by atoms with Crippen molar-refractivity contribution in [3.8, 4) is 10.6 Å². The molecule has 0 N–H and O–H groups in total. The summed E-state index contributed by atoms with van der Waals surface area (Å²) < 4.78 is 27.5. The van der Waals surface area contributed by atoms with Crippen LogP contribution in [-0.4, -0.2) is 21.0 Å². The average molecular weight is 306 g/mol. The second-order valence-electron chi connectivity index (χ2n) is 3.45. The standard InChI is InChI=1S/C10H6ClF2N3O2S/c11-4-3-7-14-15-10(19-7)8-5(12)1-2-6(9(8)13)16(17)18/h1-2H,3-4H2. The molecule has 2 rings (SSSR count). The Morgan fingerprint density at radius 2 is 2.11 bits per heavy atom. The first-order chi connectivity index (χ1) is 9.04. The Morgan fingerprint density at radius 3 is 2.74 bits per heavy atom. The van der Waals surface area contributed by atoms with Crippen LogP contribution in [0.25, 0.3) is 10.6 Å². The van der Waals surface area contributed by atoms with E-state index in [2.05, 4.69) is 10.2 Å². The summed E-state index contributed by atoms with van der Waals surface area (Å²) in [5, 5.41) is 18.4. The van der Waals surface area contributed by atoms with Gasteiger partial charge in [0.05, 0.1) is 10.5 Å². The maximum atomic E-state index is 13.9. The molecule has 9 heteroatoms. The fourth-order valence-corrected chi connectivity index (χ4v) is 2.59. The Morgan fingerprint density at radius 1 is 1.37 bits per heavy atom. The Kier molecular flexibility index (Phi) is 4.01. The van der Waals surface area contributed by atoms with Gasteiger partial charge in [0.1, 0.15) is 10.8 Å². The number of aromatic nitrogens is 2. The molecule has 0 spiro atoms. The molecule has 5 nitrogen and oxygen atoms in total. The monoisotopic (exact) mass is 305 g/mol. The largest absolute Gasteiger partial charge is 0.305 e. The van der Waals surface area contributed by atoms with Crippen LogP contribution in [0.15, 0.2) is 12.1 Å². The van der Waals surface area contributed by atoms with Gasteiger partial charge < -0.3 is 0 Å². The van der Waals surface area contributed by atoms with Gasteiger partial charge in [-0.05, 0) is 6.07 Å². The highest BCUT2D eigenvalue weighted by atomic mass is 35.5. The lowest BCUT2D eigenvalue weighted by atomic mass is 10.2. The van der Waals surface area contributed by atoms with E-state index in [0.29, 0.717) is 17.3 Å². The van der Waals surface area contributed by atoms with E-state index in [1.165, 1.54) is 0 Å². The van der Waals surface area contributed by atoms with E-state index in [1.807, 2.05) is 0 Å². The van der Waals surface area contributed by atoms with Crippen molar-refractivity contribution in [1.82, 2.24) is 10.2 Å². The van der Waals surface area contributed by atoms with Gasteiger partial charge in [0.15, 0.2) is 5.01 Å². The molecule has 0 aliphatic rings. The molecule has 19 heavy (non-hydrogen) atoms. The van der Waals surface area contributed by atoms with Gasteiger partial charge in [-0.15, -0.1) is 21.8 Å². The predicted octanol–water partition coefficient (Wildman–Crippen LogP) is 3.17. The Bertz CT molecular complexity index is 635. The Labute approximate surface area is 115 Å². The van der Waals surface area contributed by atoms with Crippen molar-refractivity contribution in [2.45, 2.75) is 6.42 Å². The minimum absolute atomic E-state index is 0.0428. The van der Waals surface area contributed by atoms with Crippen molar-refractivity contribution in [2.75, 3.05) is 5.88 Å². The molecule has 0 aliphatic carbocycles. The predicted molar refractivity (Wildman–Crippen MR) is 66.3 cm³/mol. The highest BCUT2D eigenvalue weighted by Gasteiger charge is 2.24. The van der Waals surface area contributed by atoms with Crippen LogP contribution in [0, 0.1) is 21.7 Å². The zero-order valence-corrected chi connectivity index (χ0v) is 10.8. The van der Waals surface area contributed by atoms with Gasteiger partial charge >= 0.3 is 5.69 Å². The molecule has 0 bridgehead atoms. The first-order valence-corrected chi connectivity index (χ1v) is 6.40. The van der Waals surface area contributed by atoms with Crippen molar-refractivity contribution in [3.63, 3.8) is 0 Å². The maximum Gasteiger partial charge on any atom is 0.305 e. The molecule has 0 aliphatic heterocycles. The molecule has 1 aromatic carbocycles. The van der Waals surface area contributed by atoms with Crippen LogP contribution in [0.4, 0.5) is 14.5 Å². The molecular weight excluding hydrogens is 300 g/mol. The summed E-state index contributed by atoms with van der Waals surface area (Å²) in [7, 11) is 0. The van der Waals surface area contributed by atoms with Crippen LogP contribution in [0.5, 0.6) is 0 Å². The quantitative estimate of drug-likeness (QED) is 0.494. The van der Waals surface area contributed by atoms with Crippen LogP contribution < -0.4 is 0 Å². The lowest BCUT2D eigenvalue weighted by Crippen LogP contribution is -1.97. The third kappa shape index (κ3) is 2.69. The molecular formula is C10H6ClF2N3O2S. The zero-order valence-electron chi connectivity index (χ0n) is 9.27. The van der Waals surface area contributed by atoms with E-state index in [0.717, 1.165) is 23.5 Å². The molecule has 0 radical (unpaired) electrons. The van der Waals surface area contributed by atoms with Crippen molar-refractivity contribution in [3.05, 3.63) is 38.9 Å². The maximum absolute atomic E-state index is 13.9. The number of rotatable bonds is 4. The summed E-state index contributed by atoms with van der Waals surface area (Å²) in [6, 6.07) is 1.61. The summed E-state index contributed by atoms with van der Waals surface area (Å²) in [6.07, 6.45) is 0.414. The fraction of sp³-hybridized carbons (Fsp3) is 0.200. The molecule has 0 fully saturated rings. The summed E-state index contributed by atoms with van der Waals surface area (Å²) >= 11 is 6.47. The first kappa shape index (κ1) is 13.8. The molecule has 2 aromatic rings. The number of alkyl halides is 1. The number of nitro groups is 1. The van der Waals surface area contributed by atoms with Crippen molar-refractivity contribution < 1.29 is 13.7 Å². The van der Waals surface area contributed by atoms with Crippen LogP contribution >= 0.6 is 22.9 Å². The summed E-state index contributed by atoms with van der Waals surface area (Å²) in [5.41, 5.74) is -1.34. The molecule has 0 amide bonds. The summed E-state index contributed by atoms with van der Waals surface area (Å²) in [5.74, 6) is -1.87. The van der Waals surface area contributed by atoms with Gasteiger partial charge in [-0.25, -0.2) is 4.39 Å². The van der Waals surface area contributed by atoms with Gasteiger partial charge in [0, 0.05) is 18.4 Å². The van der Waals surface area contributed by atoms with E-state index < -0.39 is 27.8 Å². The van der Waals surface area contributed by atoms with Gasteiger partial charge in [0.2, 0.25) is 5.82 Å². The van der Waals surface area contributed by atoms with Crippen LogP contribution in [0.1, 0.15) is 5.01 Å². The number of nitrogens with zero attached hydrogens (tertiary/aromatic N) is 3. The van der Waals surface area contributed by atoms with Crippen LogP contribution in [0.2, 0.25) is 0 Å². The summed E-state index contributed by atoms with van der Waals surface area (Å²) in [6.45, 7) is 0. The number of benzene rings is 1. The number of hydrogen-bond donors (Lipinski definition) is 0. The first-order valence-electron chi connectivity index (χ1n) is 5.05. The molecule has 0 saturated heterocycles. The lowest BCUT2D eigenvalue weighted by molar-refractivity contribution is -0.387. The van der Waals surface area contributed by atoms with E-state index >= 15 is 0 Å². The molecule has 1 aromatic heterocycles. The average Bonchev–Trinajstić information content (AvgIpc) is 2.77. The zero-order chi connectivity index (χ0) is 14.0.